The molecule has 5 heteroatoms. The van der Waals surface area contributed by atoms with Gasteiger partial charge in [0, 0.05) is 43.6 Å². The van der Waals surface area contributed by atoms with Crippen molar-refractivity contribution in [2.24, 2.45) is 0 Å². The molecule has 0 saturated carbocycles. The highest BCUT2D eigenvalue weighted by molar-refractivity contribution is 7.09. The highest BCUT2D eigenvalue weighted by atomic mass is 32.1. The first kappa shape index (κ1) is 13.4. The van der Waals surface area contributed by atoms with Crippen molar-refractivity contribution in [3.8, 4) is 0 Å². The molecule has 1 rings (SSSR count). The Hall–Kier alpha value is -0.680. The van der Waals surface area contributed by atoms with Gasteiger partial charge >= 0.3 is 0 Å². The average molecular weight is 242 g/mol. The van der Waals surface area contributed by atoms with Crippen molar-refractivity contribution in [1.82, 2.24) is 14.7 Å². The van der Waals surface area contributed by atoms with E-state index in [2.05, 4.69) is 47.3 Å². The third-order valence-electron chi connectivity index (χ3n) is 2.36. The van der Waals surface area contributed by atoms with E-state index < -0.39 is 0 Å². The van der Waals surface area contributed by atoms with Gasteiger partial charge in [-0.1, -0.05) is 20.8 Å². The van der Waals surface area contributed by atoms with Crippen molar-refractivity contribution in [2.45, 2.75) is 40.2 Å². The molecule has 1 N–H and O–H groups in total. The summed E-state index contributed by atoms with van der Waals surface area (Å²) in [6.45, 7) is 11.5. The van der Waals surface area contributed by atoms with E-state index in [1.807, 2.05) is 0 Å². The Morgan fingerprint density at radius 3 is 2.62 bits per heavy atom. The molecule has 1 aromatic heterocycles. The zero-order valence-electron chi connectivity index (χ0n) is 10.7. The van der Waals surface area contributed by atoms with Crippen molar-refractivity contribution >= 4 is 16.7 Å². The second-order valence-corrected chi connectivity index (χ2v) is 4.77. The zero-order valence-corrected chi connectivity index (χ0v) is 11.5. The second-order valence-electron chi connectivity index (χ2n) is 4.04. The van der Waals surface area contributed by atoms with Gasteiger partial charge in [-0.15, -0.1) is 0 Å². The minimum absolute atomic E-state index is 0.541. The van der Waals surface area contributed by atoms with Crippen LogP contribution >= 0.6 is 11.5 Å². The molecule has 0 unspecified atom stereocenters. The van der Waals surface area contributed by atoms with Crippen molar-refractivity contribution < 1.29 is 0 Å². The van der Waals surface area contributed by atoms with Gasteiger partial charge in [0.25, 0.3) is 0 Å². The highest BCUT2D eigenvalue weighted by Gasteiger charge is 2.09. The third kappa shape index (κ3) is 4.06. The number of anilines is 1. The van der Waals surface area contributed by atoms with Crippen molar-refractivity contribution in [2.75, 3.05) is 24.5 Å². The molecular formula is C11H22N4S. The van der Waals surface area contributed by atoms with E-state index >= 15 is 0 Å². The summed E-state index contributed by atoms with van der Waals surface area (Å²) in [7, 11) is 0. The van der Waals surface area contributed by atoms with Crippen LogP contribution in [0.2, 0.25) is 0 Å². The predicted octanol–water partition coefficient (Wildman–Crippen LogP) is 1.92. The topological polar surface area (TPSA) is 41.1 Å². The first-order chi connectivity index (χ1) is 7.67. The normalized spacial score (nSPS) is 11.1. The summed E-state index contributed by atoms with van der Waals surface area (Å²) in [5.41, 5.74) is 0. The van der Waals surface area contributed by atoms with E-state index in [-0.39, 0.29) is 0 Å². The fourth-order valence-corrected chi connectivity index (χ4v) is 2.23. The Bertz CT molecular complexity index is 298. The molecule has 0 radical (unpaired) electrons. The smallest absolute Gasteiger partial charge is 0.205 e. The molecule has 0 fully saturated rings. The highest BCUT2D eigenvalue weighted by Crippen LogP contribution is 2.16. The lowest BCUT2D eigenvalue weighted by Crippen LogP contribution is -2.34. The summed E-state index contributed by atoms with van der Waals surface area (Å²) < 4.78 is 4.32. The number of likely N-dealkylation sites (N-methyl/N-ethyl adjacent to an activating group) is 1. The molecule has 16 heavy (non-hydrogen) atoms. The first-order valence-electron chi connectivity index (χ1n) is 5.98. The summed E-state index contributed by atoms with van der Waals surface area (Å²) in [4.78, 5) is 6.77. The lowest BCUT2D eigenvalue weighted by atomic mass is 10.4. The molecule has 0 aliphatic heterocycles. The van der Waals surface area contributed by atoms with Crippen LogP contribution in [-0.2, 0) is 6.42 Å². The number of rotatable bonds is 7. The fraction of sp³-hybridized carbons (Fsp3) is 0.818. The van der Waals surface area contributed by atoms with Crippen LogP contribution in [0.1, 0.15) is 33.5 Å². The average Bonchev–Trinajstić information content (AvgIpc) is 2.72. The molecular weight excluding hydrogens is 220 g/mol. The van der Waals surface area contributed by atoms with E-state index in [0.717, 1.165) is 37.0 Å². The van der Waals surface area contributed by atoms with Gasteiger partial charge in [0.2, 0.25) is 5.13 Å². The van der Waals surface area contributed by atoms with E-state index in [4.69, 9.17) is 0 Å². The van der Waals surface area contributed by atoms with Gasteiger partial charge in [0.15, 0.2) is 0 Å². The third-order valence-corrected chi connectivity index (χ3v) is 3.17. The molecule has 0 atom stereocenters. The Morgan fingerprint density at radius 1 is 1.38 bits per heavy atom. The van der Waals surface area contributed by atoms with Crippen LogP contribution in [0.5, 0.6) is 0 Å². The predicted molar refractivity (Wildman–Crippen MR) is 70.3 cm³/mol. The SMILES string of the molecule is CCc1nsc(N(CC)CCNC(C)C)n1. The number of hydrogen-bond donors (Lipinski definition) is 1. The Labute approximate surface area is 102 Å². The van der Waals surface area contributed by atoms with E-state index in [1.165, 1.54) is 11.5 Å². The largest absolute Gasteiger partial charge is 0.346 e. The summed E-state index contributed by atoms with van der Waals surface area (Å²) in [5.74, 6) is 0.954. The summed E-state index contributed by atoms with van der Waals surface area (Å²) in [5, 5.41) is 4.46. The fourth-order valence-electron chi connectivity index (χ4n) is 1.39. The molecule has 0 aromatic carbocycles. The molecule has 1 heterocycles. The van der Waals surface area contributed by atoms with Crippen molar-refractivity contribution in [3.63, 3.8) is 0 Å². The van der Waals surface area contributed by atoms with Crippen LogP contribution in [-0.4, -0.2) is 35.0 Å². The molecule has 0 saturated heterocycles. The molecule has 92 valence electrons. The number of aromatic nitrogens is 2. The quantitative estimate of drug-likeness (QED) is 0.793. The van der Waals surface area contributed by atoms with Crippen molar-refractivity contribution in [1.29, 1.82) is 0 Å². The number of nitrogens with zero attached hydrogens (tertiary/aromatic N) is 3. The molecule has 0 aliphatic rings. The maximum Gasteiger partial charge on any atom is 0.205 e. The lowest BCUT2D eigenvalue weighted by molar-refractivity contribution is 0.583. The molecule has 0 spiro atoms. The minimum atomic E-state index is 0.541. The van der Waals surface area contributed by atoms with E-state index in [0.29, 0.717) is 6.04 Å². The monoisotopic (exact) mass is 242 g/mol. The number of aryl methyl sites for hydroxylation is 1. The van der Waals surface area contributed by atoms with E-state index in [1.54, 1.807) is 0 Å². The second kappa shape index (κ2) is 6.81. The van der Waals surface area contributed by atoms with Gasteiger partial charge in [-0.2, -0.15) is 4.37 Å². The molecule has 0 bridgehead atoms. The molecule has 1 aromatic rings. The van der Waals surface area contributed by atoms with Gasteiger partial charge in [-0.3, -0.25) is 0 Å². The van der Waals surface area contributed by atoms with Crippen LogP contribution < -0.4 is 10.2 Å². The summed E-state index contributed by atoms with van der Waals surface area (Å²) >= 11 is 1.50. The molecule has 0 amide bonds. The lowest BCUT2D eigenvalue weighted by Gasteiger charge is -2.20. The molecule has 4 nitrogen and oxygen atoms in total. The number of hydrogen-bond acceptors (Lipinski definition) is 5. The zero-order chi connectivity index (χ0) is 12.0. The summed E-state index contributed by atoms with van der Waals surface area (Å²) in [6.07, 6.45) is 0.915. The van der Waals surface area contributed by atoms with Crippen LogP contribution in [0.25, 0.3) is 0 Å². The Balaban J connectivity index is 2.46. The van der Waals surface area contributed by atoms with Crippen LogP contribution in [0, 0.1) is 0 Å². The summed E-state index contributed by atoms with van der Waals surface area (Å²) in [6, 6.07) is 0.541. The van der Waals surface area contributed by atoms with Gasteiger partial charge in [-0.05, 0) is 6.92 Å². The van der Waals surface area contributed by atoms with Crippen LogP contribution in [0.3, 0.4) is 0 Å². The Morgan fingerprint density at radius 2 is 2.12 bits per heavy atom. The first-order valence-corrected chi connectivity index (χ1v) is 6.75. The number of nitrogens with one attached hydrogen (secondary N) is 1. The van der Waals surface area contributed by atoms with E-state index in [9.17, 15) is 0 Å². The maximum atomic E-state index is 4.50. The van der Waals surface area contributed by atoms with Gasteiger partial charge < -0.3 is 10.2 Å². The Kier molecular flexibility index (Phi) is 5.69. The van der Waals surface area contributed by atoms with Crippen LogP contribution in [0.4, 0.5) is 5.13 Å². The standard InChI is InChI=1S/C11H22N4S/c1-5-10-13-11(16-14-10)15(6-2)8-7-12-9(3)4/h9,12H,5-8H2,1-4H3. The minimum Gasteiger partial charge on any atom is -0.346 e. The van der Waals surface area contributed by atoms with Gasteiger partial charge in [0.05, 0.1) is 0 Å². The van der Waals surface area contributed by atoms with Gasteiger partial charge in [0.1, 0.15) is 5.82 Å². The van der Waals surface area contributed by atoms with Crippen molar-refractivity contribution in [3.05, 3.63) is 5.82 Å². The van der Waals surface area contributed by atoms with Crippen LogP contribution in [0.15, 0.2) is 0 Å². The molecule has 0 aliphatic carbocycles. The van der Waals surface area contributed by atoms with Gasteiger partial charge in [-0.25, -0.2) is 4.98 Å². The maximum absolute atomic E-state index is 4.50.